The highest BCUT2D eigenvalue weighted by molar-refractivity contribution is 7.91. The van der Waals surface area contributed by atoms with Crippen LogP contribution in [0, 0.1) is 0 Å². The number of sulfonamides is 1. The van der Waals surface area contributed by atoms with Crippen molar-refractivity contribution < 1.29 is 13.2 Å². The molecule has 1 aromatic heterocycles. The topological polar surface area (TPSA) is 81.4 Å². The molecule has 3 N–H and O–H groups in total. The van der Waals surface area contributed by atoms with Gasteiger partial charge in [-0.1, -0.05) is 30.4 Å². The molecule has 1 heterocycles. The molecular weight excluding hydrogens is 328 g/mol. The first kappa shape index (κ1) is 15.9. The molecule has 0 radical (unpaired) electrons. The van der Waals surface area contributed by atoms with Crippen molar-refractivity contribution in [2.45, 2.75) is 10.8 Å². The van der Waals surface area contributed by atoms with Crippen molar-refractivity contribution in [2.75, 3.05) is 7.11 Å². The normalized spacial score (nSPS) is 11.3. The third kappa shape index (κ3) is 3.79. The zero-order chi connectivity index (χ0) is 15.5. The van der Waals surface area contributed by atoms with Gasteiger partial charge in [-0.15, -0.1) is 11.3 Å². The van der Waals surface area contributed by atoms with E-state index in [1.54, 1.807) is 25.3 Å². The van der Waals surface area contributed by atoms with Gasteiger partial charge in [-0.05, 0) is 18.2 Å². The van der Waals surface area contributed by atoms with Gasteiger partial charge in [-0.25, -0.2) is 13.1 Å². The molecule has 21 heavy (non-hydrogen) atoms. The summed E-state index contributed by atoms with van der Waals surface area (Å²) in [5.41, 5.74) is 6.24. The van der Waals surface area contributed by atoms with Gasteiger partial charge in [0.25, 0.3) is 0 Å². The minimum absolute atomic E-state index is 0.145. The molecule has 0 fully saturated rings. The quantitative estimate of drug-likeness (QED) is 0.783. The highest BCUT2D eigenvalue weighted by Crippen LogP contribution is 2.22. The number of hydrogen-bond donors (Lipinski definition) is 2. The Hall–Kier alpha value is -1.48. The van der Waals surface area contributed by atoms with Crippen LogP contribution in [-0.4, -0.2) is 20.5 Å². The van der Waals surface area contributed by atoms with Crippen molar-refractivity contribution in [3.63, 3.8) is 0 Å². The van der Waals surface area contributed by atoms with E-state index in [9.17, 15) is 8.42 Å². The van der Waals surface area contributed by atoms with Gasteiger partial charge in [0.05, 0.1) is 12.0 Å². The van der Waals surface area contributed by atoms with E-state index < -0.39 is 10.0 Å². The maximum atomic E-state index is 12.2. The van der Waals surface area contributed by atoms with Gasteiger partial charge in [0.2, 0.25) is 10.0 Å². The summed E-state index contributed by atoms with van der Waals surface area (Å²) in [4.78, 5) is 0.758. The average molecular weight is 342 g/mol. The monoisotopic (exact) mass is 342 g/mol. The fourth-order valence-electron chi connectivity index (χ4n) is 1.69. The highest BCUT2D eigenvalue weighted by Gasteiger charge is 2.18. The van der Waals surface area contributed by atoms with Crippen molar-refractivity contribution in [3.8, 4) is 5.75 Å². The molecule has 0 atom stereocenters. The number of nitrogens with one attached hydrogen (secondary N) is 1. The van der Waals surface area contributed by atoms with Crippen LogP contribution in [0.4, 0.5) is 0 Å². The molecular formula is C13H14N2O3S3. The molecule has 0 unspecified atom stereocenters. The van der Waals surface area contributed by atoms with E-state index in [4.69, 9.17) is 22.7 Å². The fraction of sp³-hybridized carbons (Fsp3) is 0.154. The molecule has 0 saturated carbocycles. The zero-order valence-electron chi connectivity index (χ0n) is 11.2. The molecule has 0 amide bonds. The first-order valence-corrected chi connectivity index (χ1v) is 8.66. The van der Waals surface area contributed by atoms with Crippen LogP contribution in [0.25, 0.3) is 0 Å². The van der Waals surface area contributed by atoms with Gasteiger partial charge in [0.1, 0.15) is 14.9 Å². The molecule has 2 rings (SSSR count). The molecule has 0 aliphatic rings. The summed E-state index contributed by atoms with van der Waals surface area (Å²) in [5.74, 6) is 0.634. The Bertz CT molecular complexity index is 754. The molecule has 8 heteroatoms. The average Bonchev–Trinajstić information content (AvgIpc) is 2.96. The maximum Gasteiger partial charge on any atom is 0.250 e. The van der Waals surface area contributed by atoms with Gasteiger partial charge < -0.3 is 10.5 Å². The van der Waals surface area contributed by atoms with Crippen molar-refractivity contribution in [1.29, 1.82) is 0 Å². The zero-order valence-corrected chi connectivity index (χ0v) is 13.6. The van der Waals surface area contributed by atoms with Gasteiger partial charge in [0.15, 0.2) is 0 Å². The Morgan fingerprint density at radius 3 is 2.67 bits per heavy atom. The van der Waals surface area contributed by atoms with E-state index in [2.05, 4.69) is 4.72 Å². The lowest BCUT2D eigenvalue weighted by Crippen LogP contribution is -2.22. The second-order valence-corrected chi connectivity index (χ2v) is 7.64. The summed E-state index contributed by atoms with van der Waals surface area (Å²) >= 11 is 5.87. The van der Waals surface area contributed by atoms with Crippen molar-refractivity contribution in [2.24, 2.45) is 5.73 Å². The summed E-state index contributed by atoms with van der Waals surface area (Å²) in [5, 5.41) is 0. The Morgan fingerprint density at radius 1 is 1.33 bits per heavy atom. The van der Waals surface area contributed by atoms with Crippen LogP contribution in [0.3, 0.4) is 0 Å². The van der Waals surface area contributed by atoms with Crippen molar-refractivity contribution in [1.82, 2.24) is 4.72 Å². The van der Waals surface area contributed by atoms with Crippen molar-refractivity contribution in [3.05, 3.63) is 46.8 Å². The van der Waals surface area contributed by atoms with E-state index in [-0.39, 0.29) is 15.7 Å². The van der Waals surface area contributed by atoms with Crippen LogP contribution in [0.2, 0.25) is 0 Å². The summed E-state index contributed by atoms with van der Waals surface area (Å²) in [6.07, 6.45) is 0. The number of nitrogens with two attached hydrogens (primary N) is 1. The van der Waals surface area contributed by atoms with Crippen LogP contribution in [-0.2, 0) is 16.6 Å². The van der Waals surface area contributed by atoms with Gasteiger partial charge >= 0.3 is 0 Å². The molecule has 1 aromatic carbocycles. The van der Waals surface area contributed by atoms with E-state index in [0.29, 0.717) is 10.6 Å². The summed E-state index contributed by atoms with van der Waals surface area (Å²) < 4.78 is 32.3. The van der Waals surface area contributed by atoms with E-state index in [1.807, 2.05) is 12.1 Å². The van der Waals surface area contributed by atoms with Gasteiger partial charge in [-0.3, -0.25) is 0 Å². The number of methoxy groups -OCH3 is 1. The minimum atomic E-state index is -3.60. The molecule has 0 spiro atoms. The molecule has 5 nitrogen and oxygen atoms in total. The number of thiocarbonyl (C=S) groups is 1. The maximum absolute atomic E-state index is 12.2. The lowest BCUT2D eigenvalue weighted by molar-refractivity contribution is 0.409. The Morgan fingerprint density at radius 2 is 2.05 bits per heavy atom. The van der Waals surface area contributed by atoms with Crippen LogP contribution >= 0.6 is 23.6 Å². The molecule has 0 aliphatic heterocycles. The number of benzene rings is 1. The molecule has 2 aromatic rings. The Balaban J connectivity index is 2.16. The second kappa shape index (κ2) is 6.52. The van der Waals surface area contributed by atoms with Gasteiger partial charge in [-0.2, -0.15) is 0 Å². The van der Waals surface area contributed by atoms with E-state index in [1.165, 1.54) is 6.07 Å². The molecule has 112 valence electrons. The number of rotatable bonds is 6. The first-order valence-electron chi connectivity index (χ1n) is 5.95. The van der Waals surface area contributed by atoms with E-state index >= 15 is 0 Å². The summed E-state index contributed by atoms with van der Waals surface area (Å²) in [6.45, 7) is 0.145. The number of para-hydroxylation sites is 1. The molecule has 0 aliphatic carbocycles. The van der Waals surface area contributed by atoms with Gasteiger partial charge in [0, 0.05) is 12.1 Å². The highest BCUT2D eigenvalue weighted by atomic mass is 32.2. The Labute approximate surface area is 132 Å². The predicted octanol–water partition coefficient (Wildman–Crippen LogP) is 1.87. The molecule has 0 saturated heterocycles. The molecule has 0 bridgehead atoms. The third-order valence-electron chi connectivity index (χ3n) is 2.73. The van der Waals surface area contributed by atoms with E-state index in [0.717, 1.165) is 16.9 Å². The standard InChI is InChI=1S/C13H14N2O3S3/c1-18-10-5-3-2-4-9(10)8-15-21(16,17)12-7-6-11(20-12)13(14)19/h2-7,15H,8H2,1H3,(H2,14,19). The summed E-state index contributed by atoms with van der Waals surface area (Å²) in [7, 11) is -2.06. The SMILES string of the molecule is COc1ccccc1CNS(=O)(=O)c1ccc(C(N)=S)s1. The first-order chi connectivity index (χ1) is 9.94. The number of thiophene rings is 1. The van der Waals surface area contributed by atoms with Crippen molar-refractivity contribution >= 4 is 38.6 Å². The third-order valence-corrected chi connectivity index (χ3v) is 6.09. The Kier molecular flexibility index (Phi) is 4.94. The minimum Gasteiger partial charge on any atom is -0.496 e. The lowest BCUT2D eigenvalue weighted by Gasteiger charge is -2.09. The lowest BCUT2D eigenvalue weighted by atomic mass is 10.2. The van der Waals surface area contributed by atoms with Crippen LogP contribution < -0.4 is 15.2 Å². The summed E-state index contributed by atoms with van der Waals surface area (Å²) in [6, 6.07) is 10.3. The number of ether oxygens (including phenoxy) is 1. The van der Waals surface area contributed by atoms with Crippen LogP contribution in [0.1, 0.15) is 10.4 Å². The predicted molar refractivity (Wildman–Crippen MR) is 87.2 cm³/mol. The van der Waals surface area contributed by atoms with Crippen LogP contribution in [0.15, 0.2) is 40.6 Å². The smallest absolute Gasteiger partial charge is 0.250 e. The number of hydrogen-bond acceptors (Lipinski definition) is 5. The second-order valence-electron chi connectivity index (χ2n) is 4.12. The fourth-order valence-corrected chi connectivity index (χ4v) is 4.09. The van der Waals surface area contributed by atoms with Crippen LogP contribution in [0.5, 0.6) is 5.75 Å². The largest absolute Gasteiger partial charge is 0.496 e.